The average molecular weight is 379 g/mol. The molecule has 0 aliphatic rings. The van der Waals surface area contributed by atoms with E-state index in [1.165, 1.54) is 18.2 Å². The first-order valence-corrected chi connectivity index (χ1v) is 10.3. The molecule has 0 unspecified atom stereocenters. The van der Waals surface area contributed by atoms with Crippen molar-refractivity contribution in [3.63, 3.8) is 0 Å². The summed E-state index contributed by atoms with van der Waals surface area (Å²) in [4.78, 5) is 12.2. The molecule has 0 saturated heterocycles. The molecule has 1 heterocycles. The largest absolute Gasteiger partial charge is 0.456 e. The third-order valence-electron chi connectivity index (χ3n) is 3.64. The molecule has 2 aromatic carbocycles. The Morgan fingerprint density at radius 3 is 2.36 bits per heavy atom. The molecule has 1 aromatic heterocycles. The van der Waals surface area contributed by atoms with Crippen LogP contribution >= 0.6 is 10.7 Å². The van der Waals surface area contributed by atoms with Crippen molar-refractivity contribution < 1.29 is 12.8 Å². The molecular weight excluding hydrogens is 360 g/mol. The van der Waals surface area contributed by atoms with Gasteiger partial charge in [-0.3, -0.25) is 4.79 Å². The normalized spacial score (nSPS) is 11.0. The maximum absolute atomic E-state index is 12.3. The molecule has 0 fully saturated rings. The summed E-state index contributed by atoms with van der Waals surface area (Å²) < 4.78 is 28.9. The molecule has 0 aliphatic carbocycles. The maximum atomic E-state index is 12.3. The van der Waals surface area contributed by atoms with Crippen LogP contribution in [-0.2, 0) is 15.5 Å². The van der Waals surface area contributed by atoms with Gasteiger partial charge in [-0.15, -0.1) is 0 Å². The number of para-hydroxylation sites is 1. The van der Waals surface area contributed by atoms with Crippen molar-refractivity contribution in [1.29, 1.82) is 0 Å². The lowest BCUT2D eigenvalue weighted by molar-refractivity contribution is 0.609. The van der Waals surface area contributed by atoms with E-state index in [1.807, 2.05) is 20.8 Å². The van der Waals surface area contributed by atoms with E-state index in [-0.39, 0.29) is 10.3 Å². The predicted molar refractivity (Wildman–Crippen MR) is 102 cm³/mol. The van der Waals surface area contributed by atoms with Gasteiger partial charge in [-0.2, -0.15) is 0 Å². The standard InChI is InChI=1S/C17H13ClO4S.C2H6/c1-2-11-7-8-12(23(18,20)21)9-14(11)17-10-15(19)13-5-3-4-6-16(13)22-17;1-2/h3-10H,2H2,1H3;1-2H3. The molecule has 3 aromatic rings. The van der Waals surface area contributed by atoms with E-state index in [0.717, 1.165) is 5.56 Å². The summed E-state index contributed by atoms with van der Waals surface area (Å²) in [6.45, 7) is 5.94. The second kappa shape index (κ2) is 7.85. The van der Waals surface area contributed by atoms with Crippen LogP contribution in [0.3, 0.4) is 0 Å². The number of halogens is 1. The molecular formula is C19H19ClO4S. The van der Waals surface area contributed by atoms with Crippen LogP contribution in [0.2, 0.25) is 0 Å². The van der Waals surface area contributed by atoms with Crippen molar-refractivity contribution in [2.45, 2.75) is 32.1 Å². The van der Waals surface area contributed by atoms with Gasteiger partial charge in [0.1, 0.15) is 11.3 Å². The van der Waals surface area contributed by atoms with Gasteiger partial charge in [0.2, 0.25) is 0 Å². The second-order valence-electron chi connectivity index (χ2n) is 5.08. The monoisotopic (exact) mass is 378 g/mol. The lowest BCUT2D eigenvalue weighted by Crippen LogP contribution is -2.01. The van der Waals surface area contributed by atoms with E-state index in [0.29, 0.717) is 28.7 Å². The minimum absolute atomic E-state index is 0.0258. The molecule has 0 N–H and O–H groups in total. The first kappa shape index (κ1) is 19.2. The van der Waals surface area contributed by atoms with Gasteiger partial charge < -0.3 is 4.42 Å². The number of hydrogen-bond acceptors (Lipinski definition) is 4. The van der Waals surface area contributed by atoms with Crippen molar-refractivity contribution in [1.82, 2.24) is 0 Å². The van der Waals surface area contributed by atoms with E-state index in [2.05, 4.69) is 0 Å². The summed E-state index contributed by atoms with van der Waals surface area (Å²) in [7, 11) is 1.56. The van der Waals surface area contributed by atoms with E-state index in [4.69, 9.17) is 15.1 Å². The Labute approximate surface area is 151 Å². The third-order valence-corrected chi connectivity index (χ3v) is 5.00. The molecule has 0 bridgehead atoms. The smallest absolute Gasteiger partial charge is 0.261 e. The van der Waals surface area contributed by atoms with Crippen molar-refractivity contribution in [3.05, 3.63) is 64.3 Å². The van der Waals surface area contributed by atoms with Crippen LogP contribution in [0, 0.1) is 0 Å². The minimum Gasteiger partial charge on any atom is -0.456 e. The van der Waals surface area contributed by atoms with Gasteiger partial charge >= 0.3 is 0 Å². The first-order chi connectivity index (χ1) is 11.9. The second-order valence-corrected chi connectivity index (χ2v) is 7.65. The van der Waals surface area contributed by atoms with Crippen LogP contribution in [0.5, 0.6) is 0 Å². The van der Waals surface area contributed by atoms with E-state index in [9.17, 15) is 13.2 Å². The topological polar surface area (TPSA) is 64.3 Å². The van der Waals surface area contributed by atoms with Crippen LogP contribution in [0.25, 0.3) is 22.3 Å². The highest BCUT2D eigenvalue weighted by molar-refractivity contribution is 8.13. The van der Waals surface area contributed by atoms with Gasteiger partial charge in [-0.25, -0.2) is 8.42 Å². The van der Waals surface area contributed by atoms with Crippen molar-refractivity contribution in [3.8, 4) is 11.3 Å². The van der Waals surface area contributed by atoms with Gasteiger partial charge in [-0.05, 0) is 36.2 Å². The summed E-state index contributed by atoms with van der Waals surface area (Å²) in [6.07, 6.45) is 0.661. The van der Waals surface area contributed by atoms with Crippen LogP contribution < -0.4 is 5.43 Å². The molecule has 4 nitrogen and oxygen atoms in total. The van der Waals surface area contributed by atoms with E-state index >= 15 is 0 Å². The molecule has 0 radical (unpaired) electrons. The summed E-state index contributed by atoms with van der Waals surface area (Å²) in [5, 5.41) is 0.482. The van der Waals surface area contributed by atoms with Crippen molar-refractivity contribution in [2.24, 2.45) is 0 Å². The van der Waals surface area contributed by atoms with E-state index in [1.54, 1.807) is 30.3 Å². The Morgan fingerprint density at radius 2 is 1.72 bits per heavy atom. The molecule has 3 rings (SSSR count). The van der Waals surface area contributed by atoms with Crippen LogP contribution in [0.4, 0.5) is 0 Å². The Morgan fingerprint density at radius 1 is 1.04 bits per heavy atom. The number of aryl methyl sites for hydroxylation is 1. The Bertz CT molecular complexity index is 1050. The Hall–Kier alpha value is -2.11. The van der Waals surface area contributed by atoms with Crippen LogP contribution in [0.15, 0.2) is 62.6 Å². The molecule has 132 valence electrons. The average Bonchev–Trinajstić information content (AvgIpc) is 2.62. The van der Waals surface area contributed by atoms with Crippen molar-refractivity contribution in [2.75, 3.05) is 0 Å². The molecule has 0 spiro atoms. The zero-order valence-electron chi connectivity index (χ0n) is 14.2. The quantitative estimate of drug-likeness (QED) is 0.603. The summed E-state index contributed by atoms with van der Waals surface area (Å²) in [6, 6.07) is 12.9. The molecule has 0 saturated carbocycles. The van der Waals surface area contributed by atoms with Gasteiger partial charge in [0.25, 0.3) is 9.05 Å². The number of fused-ring (bicyclic) bond motifs is 1. The molecule has 0 amide bonds. The van der Waals surface area contributed by atoms with Crippen LogP contribution in [0.1, 0.15) is 26.3 Å². The van der Waals surface area contributed by atoms with E-state index < -0.39 is 9.05 Å². The SMILES string of the molecule is CC.CCc1ccc(S(=O)(=O)Cl)cc1-c1cc(=O)c2ccccc2o1. The van der Waals surface area contributed by atoms with Crippen LogP contribution in [-0.4, -0.2) is 8.42 Å². The molecule has 25 heavy (non-hydrogen) atoms. The Balaban J connectivity index is 0.00000109. The molecule has 6 heteroatoms. The fraction of sp³-hybridized carbons (Fsp3) is 0.211. The summed E-state index contributed by atoms with van der Waals surface area (Å²) in [5.74, 6) is 0.327. The van der Waals surface area contributed by atoms with Gasteiger partial charge in [-0.1, -0.05) is 39.0 Å². The number of rotatable bonds is 3. The zero-order valence-corrected chi connectivity index (χ0v) is 15.8. The predicted octanol–water partition coefficient (Wildman–Crippen LogP) is 4.98. The third kappa shape index (κ3) is 4.11. The zero-order chi connectivity index (χ0) is 18.6. The molecule has 0 atom stereocenters. The highest BCUT2D eigenvalue weighted by Crippen LogP contribution is 2.29. The van der Waals surface area contributed by atoms with Gasteiger partial charge in [0.05, 0.1) is 10.3 Å². The minimum atomic E-state index is -3.86. The number of benzene rings is 2. The lowest BCUT2D eigenvalue weighted by atomic mass is 10.0. The maximum Gasteiger partial charge on any atom is 0.261 e. The Kier molecular flexibility index (Phi) is 6.03. The summed E-state index contributed by atoms with van der Waals surface area (Å²) >= 11 is 0. The highest BCUT2D eigenvalue weighted by Gasteiger charge is 2.16. The fourth-order valence-corrected chi connectivity index (χ4v) is 3.26. The lowest BCUT2D eigenvalue weighted by Gasteiger charge is -2.09. The molecule has 0 aliphatic heterocycles. The van der Waals surface area contributed by atoms with Crippen molar-refractivity contribution >= 4 is 30.7 Å². The summed E-state index contributed by atoms with van der Waals surface area (Å²) in [5.41, 5.74) is 1.70. The van der Waals surface area contributed by atoms with Gasteiger partial charge in [0, 0.05) is 22.3 Å². The van der Waals surface area contributed by atoms with Gasteiger partial charge in [0.15, 0.2) is 5.43 Å². The first-order valence-electron chi connectivity index (χ1n) is 8.01. The fourth-order valence-electron chi connectivity index (χ4n) is 2.48. The highest BCUT2D eigenvalue weighted by atomic mass is 35.7. The number of hydrogen-bond donors (Lipinski definition) is 0.